The van der Waals surface area contributed by atoms with E-state index in [1.165, 1.54) is 12.3 Å². The van der Waals surface area contributed by atoms with Crippen LogP contribution in [-0.4, -0.2) is 33.9 Å². The Hall–Kier alpha value is -2.21. The molecule has 2 unspecified atom stereocenters. The summed E-state index contributed by atoms with van der Waals surface area (Å²) >= 11 is 0. The van der Waals surface area contributed by atoms with E-state index in [-0.39, 0.29) is 23.6 Å². The Labute approximate surface area is 128 Å². The minimum Gasteiger partial charge on any atom is -0.391 e. The average Bonchev–Trinajstić information content (AvgIpc) is 3.01. The van der Waals surface area contributed by atoms with Crippen LogP contribution < -0.4 is 5.32 Å². The Kier molecular flexibility index (Phi) is 5.27. The van der Waals surface area contributed by atoms with Crippen LogP contribution in [0.4, 0.5) is 4.39 Å². The van der Waals surface area contributed by atoms with E-state index in [0.717, 1.165) is 6.42 Å². The molecule has 0 bridgehead atoms. The van der Waals surface area contributed by atoms with Gasteiger partial charge in [0, 0.05) is 12.1 Å². The number of carbonyl (C=O) groups is 1. The van der Waals surface area contributed by atoms with Crippen molar-refractivity contribution in [1.29, 1.82) is 0 Å². The van der Waals surface area contributed by atoms with E-state index in [1.807, 2.05) is 13.8 Å². The molecule has 0 spiro atoms. The van der Waals surface area contributed by atoms with Gasteiger partial charge in [-0.05, 0) is 18.1 Å². The molecule has 2 aromatic rings. The zero-order chi connectivity index (χ0) is 16.1. The maximum Gasteiger partial charge on any atom is 0.255 e. The van der Waals surface area contributed by atoms with Crippen molar-refractivity contribution in [2.75, 3.05) is 6.54 Å². The standard InChI is InChI=1S/C16H20FN3O2/c1-3-10(2)14(21)9-18-16(22)12-8-19-20-15(12)11-6-4-5-7-13(11)17/h4-8,10,14,21H,3,9H2,1-2H3,(H,18,22)(H,19,20). The summed E-state index contributed by atoms with van der Waals surface area (Å²) in [4.78, 5) is 12.2. The van der Waals surface area contributed by atoms with Crippen LogP contribution in [0.3, 0.4) is 0 Å². The van der Waals surface area contributed by atoms with Gasteiger partial charge in [-0.15, -0.1) is 0 Å². The molecule has 0 aliphatic heterocycles. The van der Waals surface area contributed by atoms with Crippen LogP contribution in [0.1, 0.15) is 30.6 Å². The molecule has 0 aliphatic carbocycles. The first kappa shape index (κ1) is 16.2. The molecule has 0 saturated heterocycles. The second kappa shape index (κ2) is 7.17. The number of hydrogen-bond donors (Lipinski definition) is 3. The smallest absolute Gasteiger partial charge is 0.255 e. The second-order valence-electron chi connectivity index (χ2n) is 5.30. The van der Waals surface area contributed by atoms with Gasteiger partial charge < -0.3 is 10.4 Å². The molecule has 118 valence electrons. The van der Waals surface area contributed by atoms with Crippen LogP contribution in [0.5, 0.6) is 0 Å². The third-order valence-electron chi connectivity index (χ3n) is 3.80. The predicted molar refractivity (Wildman–Crippen MR) is 81.8 cm³/mol. The normalized spacial score (nSPS) is 13.6. The van der Waals surface area contributed by atoms with Crippen molar-refractivity contribution in [3.8, 4) is 11.3 Å². The van der Waals surface area contributed by atoms with Gasteiger partial charge in [-0.1, -0.05) is 32.4 Å². The Morgan fingerprint density at radius 3 is 2.86 bits per heavy atom. The van der Waals surface area contributed by atoms with Crippen LogP contribution in [0.15, 0.2) is 30.5 Å². The molecule has 0 aliphatic rings. The van der Waals surface area contributed by atoms with Crippen molar-refractivity contribution in [3.63, 3.8) is 0 Å². The number of nitrogens with one attached hydrogen (secondary N) is 2. The van der Waals surface area contributed by atoms with E-state index in [2.05, 4.69) is 15.5 Å². The number of aliphatic hydroxyl groups is 1. The second-order valence-corrected chi connectivity index (χ2v) is 5.30. The molecular formula is C16H20FN3O2. The molecule has 22 heavy (non-hydrogen) atoms. The molecule has 1 heterocycles. The highest BCUT2D eigenvalue weighted by atomic mass is 19.1. The topological polar surface area (TPSA) is 78.0 Å². The summed E-state index contributed by atoms with van der Waals surface area (Å²) in [5.74, 6) is -0.731. The molecular weight excluding hydrogens is 285 g/mol. The van der Waals surface area contributed by atoms with E-state index in [0.29, 0.717) is 5.69 Å². The number of hydrogen-bond acceptors (Lipinski definition) is 3. The van der Waals surface area contributed by atoms with Gasteiger partial charge in [-0.3, -0.25) is 9.89 Å². The molecule has 5 nitrogen and oxygen atoms in total. The minimum atomic E-state index is -0.613. The number of nitrogens with zero attached hydrogens (tertiary/aromatic N) is 1. The quantitative estimate of drug-likeness (QED) is 0.766. The molecule has 2 rings (SSSR count). The highest BCUT2D eigenvalue weighted by molar-refractivity contribution is 5.99. The summed E-state index contributed by atoms with van der Waals surface area (Å²) in [5, 5.41) is 19.0. The van der Waals surface area contributed by atoms with Crippen molar-refractivity contribution < 1.29 is 14.3 Å². The van der Waals surface area contributed by atoms with Crippen molar-refractivity contribution in [1.82, 2.24) is 15.5 Å². The molecule has 3 N–H and O–H groups in total. The molecule has 0 saturated carbocycles. The summed E-state index contributed by atoms with van der Waals surface area (Å²) in [6.45, 7) is 4.04. The Bertz CT molecular complexity index is 642. The summed E-state index contributed by atoms with van der Waals surface area (Å²) in [6, 6.07) is 6.17. The first-order chi connectivity index (χ1) is 10.5. The van der Waals surface area contributed by atoms with Crippen LogP contribution in [0.2, 0.25) is 0 Å². The van der Waals surface area contributed by atoms with Crippen molar-refractivity contribution >= 4 is 5.91 Å². The summed E-state index contributed by atoms with van der Waals surface area (Å²) in [5.41, 5.74) is 0.864. The van der Waals surface area contributed by atoms with Crippen LogP contribution in [-0.2, 0) is 0 Å². The van der Waals surface area contributed by atoms with Gasteiger partial charge in [-0.25, -0.2) is 4.39 Å². The first-order valence-corrected chi connectivity index (χ1v) is 7.29. The van der Waals surface area contributed by atoms with Gasteiger partial charge in [0.05, 0.1) is 23.6 Å². The number of H-pyrrole nitrogens is 1. The fourth-order valence-corrected chi connectivity index (χ4v) is 2.09. The number of aliphatic hydroxyl groups excluding tert-OH is 1. The Balaban J connectivity index is 2.13. The van der Waals surface area contributed by atoms with Crippen LogP contribution in [0.25, 0.3) is 11.3 Å². The van der Waals surface area contributed by atoms with Crippen LogP contribution >= 0.6 is 0 Å². The zero-order valence-electron chi connectivity index (χ0n) is 12.6. The maximum atomic E-state index is 13.8. The van der Waals surface area contributed by atoms with Crippen molar-refractivity contribution in [2.24, 2.45) is 5.92 Å². The molecule has 6 heteroatoms. The lowest BCUT2D eigenvalue weighted by atomic mass is 10.0. The lowest BCUT2D eigenvalue weighted by Crippen LogP contribution is -2.35. The van der Waals surface area contributed by atoms with E-state index < -0.39 is 17.8 Å². The van der Waals surface area contributed by atoms with Gasteiger partial charge in [-0.2, -0.15) is 5.10 Å². The lowest BCUT2D eigenvalue weighted by molar-refractivity contribution is 0.0851. The molecule has 1 aromatic carbocycles. The molecule has 1 amide bonds. The van der Waals surface area contributed by atoms with E-state index in [9.17, 15) is 14.3 Å². The van der Waals surface area contributed by atoms with Gasteiger partial charge in [0.1, 0.15) is 5.82 Å². The summed E-state index contributed by atoms with van der Waals surface area (Å²) in [7, 11) is 0. The molecule has 0 radical (unpaired) electrons. The van der Waals surface area contributed by atoms with Crippen LogP contribution in [0, 0.1) is 11.7 Å². The summed E-state index contributed by atoms with van der Waals surface area (Å²) in [6.07, 6.45) is 1.56. The first-order valence-electron chi connectivity index (χ1n) is 7.29. The monoisotopic (exact) mass is 305 g/mol. The number of aromatic nitrogens is 2. The number of benzene rings is 1. The molecule has 0 fully saturated rings. The number of rotatable bonds is 6. The predicted octanol–water partition coefficient (Wildman–Crippen LogP) is 2.35. The van der Waals surface area contributed by atoms with Gasteiger partial charge >= 0.3 is 0 Å². The van der Waals surface area contributed by atoms with Gasteiger partial charge in [0.25, 0.3) is 5.91 Å². The number of amides is 1. The van der Waals surface area contributed by atoms with E-state index in [4.69, 9.17) is 0 Å². The third-order valence-corrected chi connectivity index (χ3v) is 3.80. The third kappa shape index (κ3) is 3.51. The number of carbonyl (C=O) groups excluding carboxylic acids is 1. The fourth-order valence-electron chi connectivity index (χ4n) is 2.09. The number of halogens is 1. The van der Waals surface area contributed by atoms with Gasteiger partial charge in [0.2, 0.25) is 0 Å². The SMILES string of the molecule is CCC(C)C(O)CNC(=O)c1cn[nH]c1-c1ccccc1F. The minimum absolute atomic E-state index is 0.0932. The highest BCUT2D eigenvalue weighted by Gasteiger charge is 2.19. The summed E-state index contributed by atoms with van der Waals surface area (Å²) < 4.78 is 13.8. The number of aromatic amines is 1. The molecule has 1 aromatic heterocycles. The zero-order valence-corrected chi connectivity index (χ0v) is 12.6. The Morgan fingerprint density at radius 1 is 1.45 bits per heavy atom. The van der Waals surface area contributed by atoms with Crippen molar-refractivity contribution in [3.05, 3.63) is 41.8 Å². The van der Waals surface area contributed by atoms with E-state index >= 15 is 0 Å². The maximum absolute atomic E-state index is 13.8. The highest BCUT2D eigenvalue weighted by Crippen LogP contribution is 2.23. The lowest BCUT2D eigenvalue weighted by Gasteiger charge is -2.17. The largest absolute Gasteiger partial charge is 0.391 e. The van der Waals surface area contributed by atoms with Gasteiger partial charge in [0.15, 0.2) is 0 Å². The Morgan fingerprint density at radius 2 is 2.18 bits per heavy atom. The molecule has 2 atom stereocenters. The fraction of sp³-hybridized carbons (Fsp3) is 0.375. The van der Waals surface area contributed by atoms with Crippen molar-refractivity contribution in [2.45, 2.75) is 26.4 Å². The van der Waals surface area contributed by atoms with E-state index in [1.54, 1.807) is 18.2 Å². The average molecular weight is 305 g/mol.